The fourth-order valence-corrected chi connectivity index (χ4v) is 2.50. The van der Waals surface area contributed by atoms with Gasteiger partial charge in [0.1, 0.15) is 17.9 Å². The predicted octanol–water partition coefficient (Wildman–Crippen LogP) is 2.96. The van der Waals surface area contributed by atoms with E-state index in [1.807, 2.05) is 17.6 Å². The van der Waals surface area contributed by atoms with E-state index < -0.39 is 0 Å². The second kappa shape index (κ2) is 5.65. The first-order chi connectivity index (χ1) is 8.33. The van der Waals surface area contributed by atoms with Gasteiger partial charge in [-0.25, -0.2) is 0 Å². The van der Waals surface area contributed by atoms with Crippen LogP contribution in [0.5, 0.6) is 0 Å². The van der Waals surface area contributed by atoms with Crippen LogP contribution in [0.4, 0.5) is 0 Å². The minimum atomic E-state index is 0.291. The molecule has 0 amide bonds. The molecule has 17 heavy (non-hydrogen) atoms. The number of rotatable bonds is 2. The van der Waals surface area contributed by atoms with E-state index in [-0.39, 0.29) is 0 Å². The van der Waals surface area contributed by atoms with Gasteiger partial charge in [0.15, 0.2) is 0 Å². The molecule has 0 atom stereocenters. The van der Waals surface area contributed by atoms with Crippen LogP contribution in [0.3, 0.4) is 0 Å². The zero-order valence-electron chi connectivity index (χ0n) is 8.95. The summed E-state index contributed by atoms with van der Waals surface area (Å²) in [6.45, 7) is 0.630. The Morgan fingerprint density at radius 3 is 3.18 bits per heavy atom. The van der Waals surface area contributed by atoms with E-state index in [0.717, 1.165) is 20.3 Å². The van der Waals surface area contributed by atoms with Gasteiger partial charge < -0.3 is 9.72 Å². The number of fused-ring (bicyclic) bond motifs is 1. The van der Waals surface area contributed by atoms with Crippen molar-refractivity contribution in [3.05, 3.63) is 27.8 Å². The first-order valence-electron chi connectivity index (χ1n) is 4.92. The van der Waals surface area contributed by atoms with Crippen LogP contribution in [0.2, 0.25) is 0 Å². The van der Waals surface area contributed by atoms with Crippen LogP contribution < -0.4 is 0 Å². The lowest BCUT2D eigenvalue weighted by atomic mass is 10.2. The van der Waals surface area contributed by atoms with E-state index in [0.29, 0.717) is 13.2 Å². The van der Waals surface area contributed by atoms with Crippen LogP contribution in [-0.2, 0) is 4.74 Å². The van der Waals surface area contributed by atoms with Crippen molar-refractivity contribution in [2.24, 2.45) is 0 Å². The second-order valence-electron chi connectivity index (χ2n) is 3.19. The molecule has 2 heterocycles. The molecule has 0 bridgehead atoms. The standard InChI is InChI=1S/C13H9NOS2/c1-2-6-15-7-3-4-10-9-14-13(16)12-11(10)5-8-17-12/h1,5,8-9H,6-7H2,(H,14,16). The number of nitrogens with one attached hydrogen (secondary N) is 1. The number of terminal acetylenes is 1. The molecule has 0 aliphatic carbocycles. The zero-order valence-corrected chi connectivity index (χ0v) is 10.6. The van der Waals surface area contributed by atoms with Gasteiger partial charge in [0, 0.05) is 17.1 Å². The largest absolute Gasteiger partial charge is 0.356 e. The van der Waals surface area contributed by atoms with Gasteiger partial charge in [0.2, 0.25) is 0 Å². The third-order valence-corrected chi connectivity index (χ3v) is 3.47. The van der Waals surface area contributed by atoms with Gasteiger partial charge in [-0.15, -0.1) is 17.8 Å². The van der Waals surface area contributed by atoms with Crippen LogP contribution in [0.1, 0.15) is 5.56 Å². The number of thiophene rings is 1. The summed E-state index contributed by atoms with van der Waals surface area (Å²) in [4.78, 5) is 3.03. The highest BCUT2D eigenvalue weighted by Crippen LogP contribution is 2.23. The monoisotopic (exact) mass is 259 g/mol. The average Bonchev–Trinajstić information content (AvgIpc) is 2.81. The molecule has 0 radical (unpaired) electrons. The summed E-state index contributed by atoms with van der Waals surface area (Å²) in [6.07, 6.45) is 6.89. The molecule has 0 aromatic carbocycles. The summed E-state index contributed by atoms with van der Waals surface area (Å²) in [7, 11) is 0. The Kier molecular flexibility index (Phi) is 3.95. The lowest BCUT2D eigenvalue weighted by Gasteiger charge is -1.95. The van der Waals surface area contributed by atoms with Crippen LogP contribution in [0, 0.1) is 28.8 Å². The van der Waals surface area contributed by atoms with Crippen molar-refractivity contribution >= 4 is 33.6 Å². The summed E-state index contributed by atoms with van der Waals surface area (Å²) in [5.74, 6) is 8.36. The molecule has 1 N–H and O–H groups in total. The van der Waals surface area contributed by atoms with Gasteiger partial charge in [-0.2, -0.15) is 0 Å². The van der Waals surface area contributed by atoms with Crippen molar-refractivity contribution < 1.29 is 4.74 Å². The Morgan fingerprint density at radius 2 is 2.35 bits per heavy atom. The molecule has 2 aromatic heterocycles. The summed E-state index contributed by atoms with van der Waals surface area (Å²) in [5.41, 5.74) is 0.930. The highest BCUT2D eigenvalue weighted by atomic mass is 32.1. The quantitative estimate of drug-likeness (QED) is 0.509. The Morgan fingerprint density at radius 1 is 1.47 bits per heavy atom. The van der Waals surface area contributed by atoms with Gasteiger partial charge in [0.05, 0.1) is 4.70 Å². The van der Waals surface area contributed by atoms with Gasteiger partial charge in [-0.3, -0.25) is 0 Å². The molecule has 2 aromatic rings. The van der Waals surface area contributed by atoms with E-state index >= 15 is 0 Å². The molecule has 2 rings (SSSR count). The molecule has 0 aliphatic heterocycles. The predicted molar refractivity (Wildman–Crippen MR) is 73.5 cm³/mol. The summed E-state index contributed by atoms with van der Waals surface area (Å²) in [5, 5.41) is 3.09. The highest BCUT2D eigenvalue weighted by Gasteiger charge is 2.01. The molecule has 84 valence electrons. The molecule has 0 aliphatic rings. The van der Waals surface area contributed by atoms with Crippen LogP contribution in [0.15, 0.2) is 17.6 Å². The van der Waals surface area contributed by atoms with Crippen LogP contribution in [0.25, 0.3) is 10.1 Å². The van der Waals surface area contributed by atoms with Gasteiger partial charge in [0.25, 0.3) is 0 Å². The Bertz CT molecular complexity index is 679. The van der Waals surface area contributed by atoms with Crippen molar-refractivity contribution in [2.45, 2.75) is 0 Å². The van der Waals surface area contributed by atoms with Crippen LogP contribution in [-0.4, -0.2) is 18.2 Å². The van der Waals surface area contributed by atoms with Crippen molar-refractivity contribution in [3.8, 4) is 24.2 Å². The maximum atomic E-state index is 5.20. The summed E-state index contributed by atoms with van der Waals surface area (Å²) < 4.78 is 6.90. The van der Waals surface area contributed by atoms with Crippen LogP contribution >= 0.6 is 23.6 Å². The summed E-state index contributed by atoms with van der Waals surface area (Å²) in [6, 6.07) is 2.02. The second-order valence-corrected chi connectivity index (χ2v) is 4.52. The number of hydrogen-bond acceptors (Lipinski definition) is 3. The van der Waals surface area contributed by atoms with Gasteiger partial charge in [-0.05, 0) is 11.4 Å². The molecule has 0 fully saturated rings. The number of ether oxygens (including phenoxy) is 1. The maximum Gasteiger partial charge on any atom is 0.121 e. The molecule has 2 nitrogen and oxygen atoms in total. The number of hydrogen-bond donors (Lipinski definition) is 1. The molecule has 0 saturated carbocycles. The van der Waals surface area contributed by atoms with Crippen molar-refractivity contribution in [1.29, 1.82) is 0 Å². The first kappa shape index (κ1) is 11.9. The average molecular weight is 259 g/mol. The SMILES string of the molecule is C#CCOCC#Cc1c[nH]c(=S)c2sccc12. The van der Waals surface area contributed by atoms with E-state index in [2.05, 4.69) is 22.7 Å². The molecular weight excluding hydrogens is 250 g/mol. The third kappa shape index (κ3) is 2.75. The Hall–Kier alpha value is -1.59. The van der Waals surface area contributed by atoms with E-state index in [4.69, 9.17) is 23.4 Å². The Labute approximate surface area is 109 Å². The topological polar surface area (TPSA) is 25.0 Å². The fourth-order valence-electron chi connectivity index (χ4n) is 1.37. The van der Waals surface area contributed by atoms with E-state index in [1.165, 1.54) is 0 Å². The smallest absolute Gasteiger partial charge is 0.121 e. The molecule has 0 unspecified atom stereocenters. The number of pyridine rings is 1. The normalized spacial score (nSPS) is 9.59. The highest BCUT2D eigenvalue weighted by molar-refractivity contribution is 7.71. The minimum Gasteiger partial charge on any atom is -0.356 e. The zero-order chi connectivity index (χ0) is 12.1. The lowest BCUT2D eigenvalue weighted by Crippen LogP contribution is -1.90. The molecule has 0 saturated heterocycles. The van der Waals surface area contributed by atoms with Gasteiger partial charge >= 0.3 is 0 Å². The minimum absolute atomic E-state index is 0.291. The first-order valence-corrected chi connectivity index (χ1v) is 6.20. The van der Waals surface area contributed by atoms with Crippen molar-refractivity contribution in [2.75, 3.05) is 13.2 Å². The maximum absolute atomic E-state index is 5.20. The van der Waals surface area contributed by atoms with E-state index in [1.54, 1.807) is 11.3 Å². The van der Waals surface area contributed by atoms with Crippen molar-refractivity contribution in [1.82, 2.24) is 4.98 Å². The third-order valence-electron chi connectivity index (χ3n) is 2.09. The van der Waals surface area contributed by atoms with E-state index in [9.17, 15) is 0 Å². The van der Waals surface area contributed by atoms with Gasteiger partial charge in [-0.1, -0.05) is 30.0 Å². The molecule has 4 heteroatoms. The fraction of sp³-hybridized carbons (Fsp3) is 0.154. The summed E-state index contributed by atoms with van der Waals surface area (Å²) >= 11 is 6.81. The van der Waals surface area contributed by atoms with Crippen molar-refractivity contribution in [3.63, 3.8) is 0 Å². The lowest BCUT2D eigenvalue weighted by molar-refractivity contribution is 0.205. The Balaban J connectivity index is 2.25. The number of aromatic amines is 1. The number of H-pyrrole nitrogens is 1. The number of aromatic nitrogens is 1. The molecule has 0 spiro atoms. The molecular formula is C13H9NOS2.